The normalized spacial score (nSPS) is 12.1. The number of hydrogen-bond donors (Lipinski definition) is 1. The second kappa shape index (κ2) is 13.5. The van der Waals surface area contributed by atoms with Gasteiger partial charge in [0.2, 0.25) is 21.8 Å². The molecule has 36 heavy (non-hydrogen) atoms. The van der Waals surface area contributed by atoms with Crippen molar-refractivity contribution in [2.24, 2.45) is 0 Å². The van der Waals surface area contributed by atoms with Crippen LogP contribution in [-0.2, 0) is 26.2 Å². The predicted molar refractivity (Wildman–Crippen MR) is 139 cm³/mol. The molecule has 0 fully saturated rings. The zero-order valence-electron chi connectivity index (χ0n) is 21.0. The highest BCUT2D eigenvalue weighted by molar-refractivity contribution is 7.92. The highest BCUT2D eigenvalue weighted by Crippen LogP contribution is 2.30. The number of sulfonamides is 1. The average molecular weight is 542 g/mol. The van der Waals surface area contributed by atoms with Gasteiger partial charge in [0.05, 0.1) is 24.1 Å². The third-order valence-corrected chi connectivity index (χ3v) is 7.02. The van der Waals surface area contributed by atoms with Crippen LogP contribution in [0.15, 0.2) is 42.5 Å². The lowest BCUT2D eigenvalue weighted by Gasteiger charge is -2.33. The van der Waals surface area contributed by atoms with E-state index in [1.54, 1.807) is 6.92 Å². The van der Waals surface area contributed by atoms with E-state index in [2.05, 4.69) is 5.32 Å². The molecule has 0 saturated heterocycles. The molecule has 0 saturated carbocycles. The van der Waals surface area contributed by atoms with Crippen molar-refractivity contribution in [3.05, 3.63) is 58.9 Å². The molecule has 0 bridgehead atoms. The molecular formula is C25H33ClFN3O5S. The van der Waals surface area contributed by atoms with E-state index in [1.165, 1.54) is 54.5 Å². The minimum atomic E-state index is -3.90. The molecule has 0 spiro atoms. The molecule has 1 N–H and O–H groups in total. The largest absolute Gasteiger partial charge is 0.495 e. The molecule has 0 aliphatic heterocycles. The van der Waals surface area contributed by atoms with Gasteiger partial charge in [-0.25, -0.2) is 12.8 Å². The minimum Gasteiger partial charge on any atom is -0.495 e. The fourth-order valence-corrected chi connectivity index (χ4v) is 4.73. The molecule has 0 radical (unpaired) electrons. The summed E-state index contributed by atoms with van der Waals surface area (Å²) in [5, 5.41) is 3.03. The number of halogens is 2. The van der Waals surface area contributed by atoms with Crippen LogP contribution in [0.25, 0.3) is 0 Å². The Labute approximate surface area is 217 Å². The first-order valence-electron chi connectivity index (χ1n) is 11.6. The molecule has 2 aromatic carbocycles. The van der Waals surface area contributed by atoms with Crippen molar-refractivity contribution in [2.45, 2.75) is 45.7 Å². The summed E-state index contributed by atoms with van der Waals surface area (Å²) in [6, 6.07) is 9.12. The maximum absolute atomic E-state index is 13.6. The first-order valence-corrected chi connectivity index (χ1v) is 13.9. The van der Waals surface area contributed by atoms with Crippen LogP contribution in [0.1, 0.15) is 38.7 Å². The van der Waals surface area contributed by atoms with Crippen LogP contribution in [0, 0.1) is 5.82 Å². The fraction of sp³-hybridized carbons (Fsp3) is 0.440. The lowest BCUT2D eigenvalue weighted by atomic mass is 10.1. The number of ether oxygens (including phenoxy) is 1. The molecule has 2 aromatic rings. The maximum Gasteiger partial charge on any atom is 0.244 e. The van der Waals surface area contributed by atoms with Crippen molar-refractivity contribution >= 4 is 39.1 Å². The highest BCUT2D eigenvalue weighted by Gasteiger charge is 2.31. The summed E-state index contributed by atoms with van der Waals surface area (Å²) >= 11 is 6.19. The Bertz CT molecular complexity index is 1140. The number of carbonyl (C=O) groups is 2. The van der Waals surface area contributed by atoms with Crippen molar-refractivity contribution in [1.82, 2.24) is 10.2 Å². The van der Waals surface area contributed by atoms with E-state index < -0.39 is 34.3 Å². The predicted octanol–water partition coefficient (Wildman–Crippen LogP) is 3.98. The summed E-state index contributed by atoms with van der Waals surface area (Å²) in [6.07, 6.45) is 2.97. The third kappa shape index (κ3) is 8.09. The van der Waals surface area contributed by atoms with Crippen LogP contribution in [0.3, 0.4) is 0 Å². The van der Waals surface area contributed by atoms with Crippen LogP contribution in [-0.4, -0.2) is 57.6 Å². The lowest BCUT2D eigenvalue weighted by Crippen LogP contribution is -2.52. The van der Waals surface area contributed by atoms with E-state index in [9.17, 15) is 22.4 Å². The molecule has 0 aliphatic rings. The van der Waals surface area contributed by atoms with Gasteiger partial charge in [0, 0.05) is 13.1 Å². The van der Waals surface area contributed by atoms with Gasteiger partial charge in [-0.1, -0.05) is 44.0 Å². The standard InChI is InChI=1S/C25H33ClFN3O5S/c1-5-7-14-28-25(32)22(6-2)29(16-18-8-10-19(27)11-9-18)24(31)17-30(36(4,33)34)20-12-13-23(35-3)21(26)15-20/h8-13,15,22H,5-7,14,16-17H2,1-4H3,(H,28,32). The van der Waals surface area contributed by atoms with Crippen molar-refractivity contribution < 1.29 is 27.1 Å². The quantitative estimate of drug-likeness (QED) is 0.387. The van der Waals surface area contributed by atoms with Gasteiger partial charge >= 0.3 is 0 Å². The van der Waals surface area contributed by atoms with Gasteiger partial charge in [-0.2, -0.15) is 0 Å². The second-order valence-electron chi connectivity index (χ2n) is 8.31. The van der Waals surface area contributed by atoms with Crippen molar-refractivity contribution in [1.29, 1.82) is 0 Å². The zero-order chi connectivity index (χ0) is 26.9. The van der Waals surface area contributed by atoms with Gasteiger partial charge in [0.15, 0.2) is 0 Å². The number of nitrogens with one attached hydrogen (secondary N) is 1. The van der Waals surface area contributed by atoms with Crippen LogP contribution in [0.5, 0.6) is 5.75 Å². The molecule has 8 nitrogen and oxygen atoms in total. The third-order valence-electron chi connectivity index (χ3n) is 5.58. The maximum atomic E-state index is 13.6. The van der Waals surface area contributed by atoms with Crippen molar-refractivity contribution in [3.63, 3.8) is 0 Å². The van der Waals surface area contributed by atoms with Gasteiger partial charge in [-0.05, 0) is 48.7 Å². The molecular weight excluding hydrogens is 509 g/mol. The average Bonchev–Trinajstić information content (AvgIpc) is 2.83. The van der Waals surface area contributed by atoms with Crippen molar-refractivity contribution in [3.8, 4) is 5.75 Å². The van der Waals surface area contributed by atoms with Crippen LogP contribution >= 0.6 is 11.6 Å². The molecule has 0 aromatic heterocycles. The van der Waals surface area contributed by atoms with Gasteiger partial charge in [0.25, 0.3) is 0 Å². The monoisotopic (exact) mass is 541 g/mol. The van der Waals surface area contributed by atoms with E-state index in [1.807, 2.05) is 6.92 Å². The number of rotatable bonds is 13. The van der Waals surface area contributed by atoms with Crippen LogP contribution < -0.4 is 14.4 Å². The highest BCUT2D eigenvalue weighted by atomic mass is 35.5. The zero-order valence-corrected chi connectivity index (χ0v) is 22.5. The Hall–Kier alpha value is -2.85. The van der Waals surface area contributed by atoms with E-state index in [0.29, 0.717) is 24.3 Å². The Morgan fingerprint density at radius 1 is 1.14 bits per heavy atom. The topological polar surface area (TPSA) is 96.0 Å². The lowest BCUT2D eigenvalue weighted by molar-refractivity contribution is -0.140. The molecule has 0 aliphatic carbocycles. The number of amides is 2. The minimum absolute atomic E-state index is 0.000210. The fourth-order valence-electron chi connectivity index (χ4n) is 3.64. The number of benzene rings is 2. The SMILES string of the molecule is CCCCNC(=O)C(CC)N(Cc1ccc(F)cc1)C(=O)CN(c1ccc(OC)c(Cl)c1)S(C)(=O)=O. The van der Waals surface area contributed by atoms with E-state index >= 15 is 0 Å². The summed E-state index contributed by atoms with van der Waals surface area (Å²) in [5.41, 5.74) is 0.779. The van der Waals surface area contributed by atoms with Crippen LogP contribution in [0.2, 0.25) is 5.02 Å². The first kappa shape index (κ1) is 29.4. The van der Waals surface area contributed by atoms with E-state index in [0.717, 1.165) is 23.4 Å². The molecule has 2 rings (SSSR count). The van der Waals surface area contributed by atoms with E-state index in [4.69, 9.17) is 16.3 Å². The molecule has 1 unspecified atom stereocenters. The van der Waals surface area contributed by atoms with E-state index in [-0.39, 0.29) is 23.2 Å². The number of unbranched alkanes of at least 4 members (excludes halogenated alkanes) is 1. The summed E-state index contributed by atoms with van der Waals surface area (Å²) in [4.78, 5) is 27.9. The number of carbonyl (C=O) groups excluding carboxylic acids is 2. The number of hydrogen-bond acceptors (Lipinski definition) is 5. The van der Waals surface area contributed by atoms with Gasteiger partial charge < -0.3 is 15.0 Å². The van der Waals surface area contributed by atoms with Gasteiger partial charge in [-0.15, -0.1) is 0 Å². The second-order valence-corrected chi connectivity index (χ2v) is 10.6. The molecule has 11 heteroatoms. The molecule has 0 heterocycles. The van der Waals surface area contributed by atoms with Gasteiger partial charge in [-0.3, -0.25) is 13.9 Å². The Morgan fingerprint density at radius 3 is 2.33 bits per heavy atom. The summed E-state index contributed by atoms with van der Waals surface area (Å²) < 4.78 is 44.8. The first-order chi connectivity index (χ1) is 17.0. The molecule has 198 valence electrons. The Balaban J connectivity index is 2.42. The summed E-state index contributed by atoms with van der Waals surface area (Å²) in [5.74, 6) is -0.998. The van der Waals surface area contributed by atoms with Gasteiger partial charge in [0.1, 0.15) is 24.2 Å². The summed E-state index contributed by atoms with van der Waals surface area (Å²) in [7, 11) is -2.46. The Kier molecular flexibility index (Phi) is 11.0. The Morgan fingerprint density at radius 2 is 1.81 bits per heavy atom. The number of nitrogens with zero attached hydrogens (tertiary/aromatic N) is 2. The molecule has 1 atom stereocenters. The molecule has 2 amide bonds. The smallest absolute Gasteiger partial charge is 0.244 e. The summed E-state index contributed by atoms with van der Waals surface area (Å²) in [6.45, 7) is 3.68. The van der Waals surface area contributed by atoms with Crippen LogP contribution in [0.4, 0.5) is 10.1 Å². The number of anilines is 1. The van der Waals surface area contributed by atoms with Crippen molar-refractivity contribution in [2.75, 3.05) is 30.8 Å². The number of methoxy groups -OCH3 is 1.